The molecule has 0 saturated carbocycles. The zero-order valence-electron chi connectivity index (χ0n) is 11.0. The van der Waals surface area contributed by atoms with Crippen molar-refractivity contribution < 1.29 is 19.5 Å². The van der Waals surface area contributed by atoms with Gasteiger partial charge >= 0.3 is 19.5 Å². The van der Waals surface area contributed by atoms with Crippen LogP contribution in [0.5, 0.6) is 0 Å². The first kappa shape index (κ1) is 15.1. The third-order valence-corrected chi connectivity index (χ3v) is 5.49. The first-order valence-corrected chi connectivity index (χ1v) is 7.74. The molecule has 0 aromatic heterocycles. The molecule has 3 aromatic carbocycles. The number of rotatable bonds is 3. The van der Waals surface area contributed by atoms with Gasteiger partial charge in [-0.1, -0.05) is 91.0 Å². The van der Waals surface area contributed by atoms with E-state index in [-0.39, 0.29) is 19.5 Å². The van der Waals surface area contributed by atoms with Crippen LogP contribution in [0.1, 0.15) is 0 Å². The molecule has 1 radical (unpaired) electrons. The van der Waals surface area contributed by atoms with Crippen molar-refractivity contribution in [1.82, 2.24) is 0 Å². The Bertz CT molecular complexity index is 529. The topological polar surface area (TPSA) is 0 Å². The summed E-state index contributed by atoms with van der Waals surface area (Å²) in [5.74, 6) is 0. The molecule has 3 aromatic rings. The summed E-state index contributed by atoms with van der Waals surface area (Å²) in [6.45, 7) is 0. The van der Waals surface area contributed by atoms with Gasteiger partial charge in [-0.15, -0.1) is 0 Å². The third kappa shape index (κ3) is 3.42. The van der Waals surface area contributed by atoms with E-state index in [2.05, 4.69) is 91.0 Å². The van der Waals surface area contributed by atoms with Gasteiger partial charge in [0.1, 0.15) is 0 Å². The van der Waals surface area contributed by atoms with Crippen LogP contribution in [-0.2, 0) is 19.5 Å². The Morgan fingerprint density at radius 1 is 0.400 bits per heavy atom. The van der Waals surface area contributed by atoms with Crippen molar-refractivity contribution in [1.29, 1.82) is 0 Å². The van der Waals surface area contributed by atoms with E-state index in [4.69, 9.17) is 0 Å². The van der Waals surface area contributed by atoms with Crippen molar-refractivity contribution >= 4 is 23.8 Å². The van der Waals surface area contributed by atoms with E-state index < -0.39 is 7.92 Å². The van der Waals surface area contributed by atoms with Gasteiger partial charge in [0.2, 0.25) is 0 Å². The summed E-state index contributed by atoms with van der Waals surface area (Å²) >= 11 is 0. The minimum atomic E-state index is -0.446. The van der Waals surface area contributed by atoms with E-state index in [9.17, 15) is 0 Å². The Kier molecular flexibility index (Phi) is 5.65. The molecule has 0 spiro atoms. The second kappa shape index (κ2) is 7.48. The van der Waals surface area contributed by atoms with Crippen LogP contribution in [0.2, 0.25) is 0 Å². The Balaban J connectivity index is 0.00000147. The first-order chi connectivity index (χ1) is 9.45. The smallest absolute Gasteiger partial charge is 0.0622 e. The summed E-state index contributed by atoms with van der Waals surface area (Å²) < 4.78 is 0. The Morgan fingerprint density at radius 3 is 0.900 bits per heavy atom. The molecule has 0 saturated heterocycles. The molecule has 0 heterocycles. The van der Waals surface area contributed by atoms with Crippen molar-refractivity contribution in [2.24, 2.45) is 0 Å². The van der Waals surface area contributed by atoms with Gasteiger partial charge in [-0.25, -0.2) is 0 Å². The largest absolute Gasteiger partial charge is 3.00 e. The SMILES string of the molecule is [Ru+3].c1ccc(P(c2ccccc2)c2ccccc2)cc1. The summed E-state index contributed by atoms with van der Waals surface area (Å²) in [5.41, 5.74) is 0. The van der Waals surface area contributed by atoms with Crippen LogP contribution < -0.4 is 15.9 Å². The van der Waals surface area contributed by atoms with Crippen LogP contribution in [0.4, 0.5) is 0 Å². The molecule has 20 heavy (non-hydrogen) atoms. The zero-order chi connectivity index (χ0) is 12.9. The number of hydrogen-bond acceptors (Lipinski definition) is 0. The van der Waals surface area contributed by atoms with E-state index in [1.165, 1.54) is 15.9 Å². The predicted octanol–water partition coefficient (Wildman–Crippen LogP) is 3.44. The molecule has 0 aliphatic heterocycles. The van der Waals surface area contributed by atoms with Crippen LogP contribution in [0, 0.1) is 0 Å². The fourth-order valence-electron chi connectivity index (χ4n) is 2.18. The molecule has 0 amide bonds. The normalized spacial score (nSPS) is 10.1. The van der Waals surface area contributed by atoms with Gasteiger partial charge in [0.05, 0.1) is 0 Å². The van der Waals surface area contributed by atoms with Crippen molar-refractivity contribution in [3.63, 3.8) is 0 Å². The average Bonchev–Trinajstić information content (AvgIpc) is 2.51. The molecule has 0 nitrogen and oxygen atoms in total. The van der Waals surface area contributed by atoms with E-state index >= 15 is 0 Å². The van der Waals surface area contributed by atoms with Gasteiger partial charge < -0.3 is 0 Å². The summed E-state index contributed by atoms with van der Waals surface area (Å²) in [4.78, 5) is 0. The molecule has 97 valence electrons. The molecule has 0 aliphatic carbocycles. The van der Waals surface area contributed by atoms with Crippen molar-refractivity contribution in [3.8, 4) is 0 Å². The maximum absolute atomic E-state index is 2.23. The van der Waals surface area contributed by atoms with Gasteiger partial charge in [0.15, 0.2) is 0 Å². The van der Waals surface area contributed by atoms with Gasteiger partial charge in [-0.05, 0) is 23.8 Å². The third-order valence-electron chi connectivity index (χ3n) is 3.04. The second-order valence-corrected chi connectivity index (χ2v) is 6.56. The van der Waals surface area contributed by atoms with Crippen molar-refractivity contribution in [3.05, 3.63) is 91.0 Å². The molecule has 0 bridgehead atoms. The summed E-state index contributed by atoms with van der Waals surface area (Å²) in [6.07, 6.45) is 0. The summed E-state index contributed by atoms with van der Waals surface area (Å²) in [6, 6.07) is 32.3. The summed E-state index contributed by atoms with van der Waals surface area (Å²) in [7, 11) is -0.446. The van der Waals surface area contributed by atoms with Crippen molar-refractivity contribution in [2.75, 3.05) is 0 Å². The predicted molar refractivity (Wildman–Crippen MR) is 85.1 cm³/mol. The minimum absolute atomic E-state index is 0. The molecule has 0 unspecified atom stereocenters. The molecular formula is C18H15PRu+3. The maximum Gasteiger partial charge on any atom is 3.00 e. The van der Waals surface area contributed by atoms with E-state index in [1.807, 2.05) is 0 Å². The van der Waals surface area contributed by atoms with Gasteiger partial charge in [0, 0.05) is 0 Å². The Hall–Kier alpha value is -1.29. The maximum atomic E-state index is 2.23. The Morgan fingerprint density at radius 2 is 0.650 bits per heavy atom. The average molecular weight is 363 g/mol. The molecule has 3 rings (SSSR count). The Labute approximate surface area is 134 Å². The van der Waals surface area contributed by atoms with Gasteiger partial charge in [0.25, 0.3) is 0 Å². The van der Waals surface area contributed by atoms with Crippen LogP contribution in [0.15, 0.2) is 91.0 Å². The van der Waals surface area contributed by atoms with E-state index in [0.717, 1.165) is 0 Å². The van der Waals surface area contributed by atoms with Crippen LogP contribution in [-0.4, -0.2) is 0 Å². The summed E-state index contributed by atoms with van der Waals surface area (Å²) in [5, 5.41) is 4.19. The molecule has 2 heteroatoms. The van der Waals surface area contributed by atoms with Crippen LogP contribution in [0.3, 0.4) is 0 Å². The van der Waals surface area contributed by atoms with Crippen LogP contribution >= 0.6 is 7.92 Å². The van der Waals surface area contributed by atoms with E-state index in [1.54, 1.807) is 0 Å². The standard InChI is InChI=1S/C18H15P.Ru/c1-4-10-16(11-5-1)19(17-12-6-2-7-13-17)18-14-8-3-9-15-18;/h1-15H;/q;+3. The monoisotopic (exact) mass is 364 g/mol. The second-order valence-electron chi connectivity index (χ2n) is 4.34. The number of benzene rings is 3. The van der Waals surface area contributed by atoms with Crippen LogP contribution in [0.25, 0.3) is 0 Å². The van der Waals surface area contributed by atoms with E-state index in [0.29, 0.717) is 0 Å². The van der Waals surface area contributed by atoms with Gasteiger partial charge in [-0.2, -0.15) is 0 Å². The zero-order valence-corrected chi connectivity index (χ0v) is 13.6. The fourth-order valence-corrected chi connectivity index (χ4v) is 4.48. The van der Waals surface area contributed by atoms with Crippen molar-refractivity contribution in [2.45, 2.75) is 0 Å². The first-order valence-electron chi connectivity index (χ1n) is 6.40. The molecular weight excluding hydrogens is 348 g/mol. The van der Waals surface area contributed by atoms with Gasteiger partial charge in [-0.3, -0.25) is 0 Å². The fraction of sp³-hybridized carbons (Fsp3) is 0. The molecule has 0 aliphatic rings. The number of hydrogen-bond donors (Lipinski definition) is 0. The molecule has 0 atom stereocenters. The minimum Gasteiger partial charge on any atom is -0.0622 e. The molecule has 0 fully saturated rings. The quantitative estimate of drug-likeness (QED) is 0.494. The molecule has 0 N–H and O–H groups in total.